The Kier molecular flexibility index (Phi) is 5.20. The molecule has 1 aromatic heterocycles. The Hall–Kier alpha value is -2.15. The van der Waals surface area contributed by atoms with Gasteiger partial charge in [-0.25, -0.2) is 8.42 Å². The Morgan fingerprint density at radius 1 is 1.26 bits per heavy atom. The van der Waals surface area contributed by atoms with Gasteiger partial charge in [0.1, 0.15) is 11.0 Å². The largest absolute Gasteiger partial charge is 0.361 e. The number of nitrogens with one attached hydrogen (secondary N) is 1. The SMILES string of the molecule is Cc1cc(CS(=O)(=O)[C@H](C)C(=O)N[C@H](C)c2ccccc2)no1. The molecule has 0 aliphatic heterocycles. The van der Waals surface area contributed by atoms with Crippen LogP contribution in [0.15, 0.2) is 40.9 Å². The minimum absolute atomic E-state index is 0.268. The van der Waals surface area contributed by atoms with Crippen molar-refractivity contribution < 1.29 is 17.7 Å². The highest BCUT2D eigenvalue weighted by Gasteiger charge is 2.30. The molecule has 1 N–H and O–H groups in total. The summed E-state index contributed by atoms with van der Waals surface area (Å²) in [6.07, 6.45) is 0. The van der Waals surface area contributed by atoms with E-state index >= 15 is 0 Å². The van der Waals surface area contributed by atoms with Crippen LogP contribution in [0, 0.1) is 6.92 Å². The Morgan fingerprint density at radius 2 is 1.91 bits per heavy atom. The molecule has 0 fully saturated rings. The number of rotatable bonds is 6. The first-order valence-electron chi connectivity index (χ1n) is 7.28. The summed E-state index contributed by atoms with van der Waals surface area (Å²) < 4.78 is 29.5. The molecule has 0 bridgehead atoms. The summed E-state index contributed by atoms with van der Waals surface area (Å²) in [5.41, 5.74) is 1.22. The van der Waals surface area contributed by atoms with E-state index in [1.807, 2.05) is 37.3 Å². The number of carbonyl (C=O) groups excluding carboxylic acids is 1. The average molecular weight is 336 g/mol. The fourth-order valence-corrected chi connectivity index (χ4v) is 3.33. The summed E-state index contributed by atoms with van der Waals surface area (Å²) in [5, 5.41) is 5.24. The molecule has 0 aliphatic rings. The normalized spacial score (nSPS) is 14.2. The van der Waals surface area contributed by atoms with Crippen molar-refractivity contribution >= 4 is 15.7 Å². The van der Waals surface area contributed by atoms with Gasteiger partial charge in [0.25, 0.3) is 0 Å². The first-order chi connectivity index (χ1) is 10.8. The summed E-state index contributed by atoms with van der Waals surface area (Å²) in [6.45, 7) is 4.88. The van der Waals surface area contributed by atoms with Gasteiger partial charge in [0.05, 0.1) is 17.5 Å². The van der Waals surface area contributed by atoms with Gasteiger partial charge in [-0.3, -0.25) is 4.79 Å². The van der Waals surface area contributed by atoms with E-state index in [-0.39, 0.29) is 11.8 Å². The maximum atomic E-state index is 12.3. The Bertz CT molecular complexity index is 768. The molecule has 0 unspecified atom stereocenters. The van der Waals surface area contributed by atoms with Gasteiger partial charge in [0.2, 0.25) is 5.91 Å². The molecule has 0 spiro atoms. The molecular formula is C16H20N2O4S. The first-order valence-corrected chi connectivity index (χ1v) is 9.00. The molecule has 1 heterocycles. The van der Waals surface area contributed by atoms with Crippen LogP contribution in [0.3, 0.4) is 0 Å². The number of carbonyl (C=O) groups is 1. The molecule has 1 amide bonds. The first kappa shape index (κ1) is 17.2. The summed E-state index contributed by atoms with van der Waals surface area (Å²) in [7, 11) is -3.66. The minimum atomic E-state index is -3.66. The van der Waals surface area contributed by atoms with Crippen LogP contribution in [0.4, 0.5) is 0 Å². The van der Waals surface area contributed by atoms with Crippen molar-refractivity contribution in [2.75, 3.05) is 0 Å². The van der Waals surface area contributed by atoms with Crippen molar-refractivity contribution in [3.63, 3.8) is 0 Å². The van der Waals surface area contributed by atoms with E-state index in [0.29, 0.717) is 11.5 Å². The highest BCUT2D eigenvalue weighted by atomic mass is 32.2. The van der Waals surface area contributed by atoms with Crippen LogP contribution in [0.5, 0.6) is 0 Å². The molecule has 1 aromatic carbocycles. The lowest BCUT2D eigenvalue weighted by atomic mass is 10.1. The van der Waals surface area contributed by atoms with E-state index in [1.54, 1.807) is 13.0 Å². The van der Waals surface area contributed by atoms with Crippen LogP contribution >= 0.6 is 0 Å². The smallest absolute Gasteiger partial charge is 0.238 e. The van der Waals surface area contributed by atoms with Crippen molar-refractivity contribution in [3.05, 3.63) is 53.4 Å². The van der Waals surface area contributed by atoms with Gasteiger partial charge in [0.15, 0.2) is 9.84 Å². The average Bonchev–Trinajstić information content (AvgIpc) is 2.91. The molecule has 7 heteroatoms. The Balaban J connectivity index is 2.03. The fourth-order valence-electron chi connectivity index (χ4n) is 2.14. The quantitative estimate of drug-likeness (QED) is 0.873. The molecule has 2 atom stereocenters. The molecule has 124 valence electrons. The number of amides is 1. The molecule has 23 heavy (non-hydrogen) atoms. The zero-order valence-corrected chi connectivity index (χ0v) is 14.1. The molecular weight excluding hydrogens is 316 g/mol. The van der Waals surface area contributed by atoms with Gasteiger partial charge in [0, 0.05) is 6.07 Å². The van der Waals surface area contributed by atoms with E-state index < -0.39 is 21.0 Å². The second-order valence-corrected chi connectivity index (χ2v) is 7.84. The number of hydrogen-bond acceptors (Lipinski definition) is 5. The highest BCUT2D eigenvalue weighted by Crippen LogP contribution is 2.15. The molecule has 2 rings (SSSR count). The van der Waals surface area contributed by atoms with Crippen molar-refractivity contribution in [1.29, 1.82) is 0 Å². The molecule has 0 aliphatic carbocycles. The van der Waals surface area contributed by atoms with Crippen LogP contribution in [-0.4, -0.2) is 24.7 Å². The van der Waals surface area contributed by atoms with Crippen molar-refractivity contribution in [3.8, 4) is 0 Å². The van der Waals surface area contributed by atoms with Gasteiger partial charge in [-0.1, -0.05) is 35.5 Å². The molecule has 0 saturated carbocycles. The van der Waals surface area contributed by atoms with Crippen LogP contribution in [-0.2, 0) is 20.4 Å². The summed E-state index contributed by atoms with van der Waals surface area (Å²) in [5.74, 6) is -0.315. The van der Waals surface area contributed by atoms with Crippen LogP contribution in [0.1, 0.15) is 36.9 Å². The summed E-state index contributed by atoms with van der Waals surface area (Å²) >= 11 is 0. The van der Waals surface area contributed by atoms with Crippen LogP contribution < -0.4 is 5.32 Å². The van der Waals surface area contributed by atoms with E-state index in [1.165, 1.54) is 6.92 Å². The molecule has 0 saturated heterocycles. The van der Waals surface area contributed by atoms with Gasteiger partial charge >= 0.3 is 0 Å². The van der Waals surface area contributed by atoms with E-state index in [4.69, 9.17) is 4.52 Å². The Labute approximate surface area is 135 Å². The summed E-state index contributed by atoms with van der Waals surface area (Å²) in [4.78, 5) is 12.2. The number of sulfone groups is 1. The van der Waals surface area contributed by atoms with Gasteiger partial charge in [-0.15, -0.1) is 0 Å². The van der Waals surface area contributed by atoms with Gasteiger partial charge in [-0.2, -0.15) is 0 Å². The lowest BCUT2D eigenvalue weighted by Gasteiger charge is -2.18. The third-order valence-corrected chi connectivity index (χ3v) is 5.58. The number of aromatic nitrogens is 1. The maximum Gasteiger partial charge on any atom is 0.238 e. The number of nitrogens with zero attached hydrogens (tertiary/aromatic N) is 1. The number of benzene rings is 1. The second kappa shape index (κ2) is 6.95. The third kappa shape index (κ3) is 4.41. The molecule has 2 aromatic rings. The van der Waals surface area contributed by atoms with Gasteiger partial charge in [-0.05, 0) is 26.3 Å². The topological polar surface area (TPSA) is 89.3 Å². The highest BCUT2D eigenvalue weighted by molar-refractivity contribution is 7.92. The lowest BCUT2D eigenvalue weighted by Crippen LogP contribution is -2.39. The van der Waals surface area contributed by atoms with Crippen molar-refractivity contribution in [2.24, 2.45) is 0 Å². The van der Waals surface area contributed by atoms with Crippen LogP contribution in [0.2, 0.25) is 0 Å². The number of hydrogen-bond donors (Lipinski definition) is 1. The zero-order chi connectivity index (χ0) is 17.0. The Morgan fingerprint density at radius 3 is 2.48 bits per heavy atom. The third-order valence-electron chi connectivity index (χ3n) is 3.59. The minimum Gasteiger partial charge on any atom is -0.361 e. The van der Waals surface area contributed by atoms with Crippen molar-refractivity contribution in [2.45, 2.75) is 37.8 Å². The van der Waals surface area contributed by atoms with Crippen molar-refractivity contribution in [1.82, 2.24) is 10.5 Å². The van der Waals surface area contributed by atoms with Gasteiger partial charge < -0.3 is 9.84 Å². The summed E-state index contributed by atoms with van der Waals surface area (Å²) in [6, 6.07) is 10.6. The number of aryl methyl sites for hydroxylation is 1. The zero-order valence-electron chi connectivity index (χ0n) is 13.3. The predicted molar refractivity (Wildman–Crippen MR) is 86.3 cm³/mol. The lowest BCUT2D eigenvalue weighted by molar-refractivity contribution is -0.121. The monoisotopic (exact) mass is 336 g/mol. The second-order valence-electron chi connectivity index (χ2n) is 5.52. The predicted octanol–water partition coefficient (Wildman–Crippen LogP) is 2.16. The van der Waals surface area contributed by atoms with E-state index in [0.717, 1.165) is 5.56 Å². The van der Waals surface area contributed by atoms with E-state index in [9.17, 15) is 13.2 Å². The fraction of sp³-hybridized carbons (Fsp3) is 0.375. The standard InChI is InChI=1S/C16H20N2O4S/c1-11-9-15(18-22-11)10-23(20,21)13(3)16(19)17-12(2)14-7-5-4-6-8-14/h4-9,12-13H,10H2,1-3H3,(H,17,19)/t12-,13-/m1/s1. The van der Waals surface area contributed by atoms with E-state index in [2.05, 4.69) is 10.5 Å². The van der Waals surface area contributed by atoms with Crippen LogP contribution in [0.25, 0.3) is 0 Å². The molecule has 0 radical (unpaired) electrons. The molecule has 6 nitrogen and oxygen atoms in total. The maximum absolute atomic E-state index is 12.3.